The van der Waals surface area contributed by atoms with Gasteiger partial charge in [-0.05, 0) is 43.5 Å². The third-order valence-corrected chi connectivity index (χ3v) is 7.64. The topological polar surface area (TPSA) is 76.2 Å². The van der Waals surface area contributed by atoms with E-state index in [-0.39, 0.29) is 29.6 Å². The lowest BCUT2D eigenvalue weighted by atomic mass is 10.1. The number of hydrogen-bond acceptors (Lipinski definition) is 6. The minimum absolute atomic E-state index is 0.0179. The molecule has 2 atom stereocenters. The SMILES string of the molecule is O=C(c1ccc(OC[C@@H]2CCCO2)cc1)N1CCN([C@H]2CCS(=O)(=O)C2)CC1. The largest absolute Gasteiger partial charge is 0.491 e. The molecule has 154 valence electrons. The number of carbonyl (C=O) groups excluding carboxylic acids is 1. The van der Waals surface area contributed by atoms with Gasteiger partial charge in [0.25, 0.3) is 5.91 Å². The molecule has 3 saturated heterocycles. The molecule has 28 heavy (non-hydrogen) atoms. The van der Waals surface area contributed by atoms with Crippen LogP contribution in [-0.2, 0) is 14.6 Å². The van der Waals surface area contributed by atoms with Gasteiger partial charge in [0, 0.05) is 44.4 Å². The number of piperazine rings is 1. The molecule has 0 radical (unpaired) electrons. The van der Waals surface area contributed by atoms with Crippen molar-refractivity contribution in [1.82, 2.24) is 9.80 Å². The van der Waals surface area contributed by atoms with Crippen LogP contribution in [0.2, 0.25) is 0 Å². The fourth-order valence-electron chi connectivity index (χ4n) is 4.19. The normalized spacial score (nSPS) is 27.8. The minimum Gasteiger partial charge on any atom is -0.491 e. The van der Waals surface area contributed by atoms with Crippen LogP contribution in [0.1, 0.15) is 29.6 Å². The summed E-state index contributed by atoms with van der Waals surface area (Å²) in [6.45, 7) is 4.08. The second kappa shape index (κ2) is 8.39. The van der Waals surface area contributed by atoms with Gasteiger partial charge in [0.1, 0.15) is 12.4 Å². The highest BCUT2D eigenvalue weighted by molar-refractivity contribution is 7.91. The van der Waals surface area contributed by atoms with E-state index in [9.17, 15) is 13.2 Å². The summed E-state index contributed by atoms with van der Waals surface area (Å²) in [5.41, 5.74) is 0.654. The molecular formula is C20H28N2O5S. The van der Waals surface area contributed by atoms with Crippen molar-refractivity contribution in [3.8, 4) is 5.75 Å². The van der Waals surface area contributed by atoms with Crippen LogP contribution in [0.5, 0.6) is 5.75 Å². The number of amides is 1. The Kier molecular flexibility index (Phi) is 5.89. The Bertz CT molecular complexity index is 781. The second-order valence-electron chi connectivity index (χ2n) is 7.86. The first kappa shape index (κ1) is 19.7. The fraction of sp³-hybridized carbons (Fsp3) is 0.650. The van der Waals surface area contributed by atoms with Crippen molar-refractivity contribution in [2.45, 2.75) is 31.4 Å². The Morgan fingerprint density at radius 3 is 2.46 bits per heavy atom. The highest BCUT2D eigenvalue weighted by Gasteiger charge is 2.34. The minimum atomic E-state index is -2.87. The molecule has 1 aromatic carbocycles. The summed E-state index contributed by atoms with van der Waals surface area (Å²) in [7, 11) is -2.87. The van der Waals surface area contributed by atoms with E-state index in [2.05, 4.69) is 4.90 Å². The summed E-state index contributed by atoms with van der Waals surface area (Å²) < 4.78 is 34.7. The molecule has 0 aromatic heterocycles. The monoisotopic (exact) mass is 408 g/mol. The van der Waals surface area contributed by atoms with Gasteiger partial charge in [-0.1, -0.05) is 0 Å². The number of benzene rings is 1. The van der Waals surface area contributed by atoms with E-state index in [1.165, 1.54) is 0 Å². The Morgan fingerprint density at radius 2 is 1.86 bits per heavy atom. The van der Waals surface area contributed by atoms with Crippen LogP contribution in [0.4, 0.5) is 0 Å². The zero-order chi connectivity index (χ0) is 19.6. The Morgan fingerprint density at radius 1 is 1.11 bits per heavy atom. The molecule has 0 bridgehead atoms. The maximum absolute atomic E-state index is 12.8. The third-order valence-electron chi connectivity index (χ3n) is 5.89. The van der Waals surface area contributed by atoms with E-state index in [0.29, 0.717) is 31.7 Å². The van der Waals surface area contributed by atoms with Crippen LogP contribution in [0, 0.1) is 0 Å². The van der Waals surface area contributed by atoms with Gasteiger partial charge in [0.2, 0.25) is 0 Å². The van der Waals surface area contributed by atoms with Gasteiger partial charge in [-0.3, -0.25) is 9.69 Å². The van der Waals surface area contributed by atoms with Crippen molar-refractivity contribution in [3.05, 3.63) is 29.8 Å². The zero-order valence-corrected chi connectivity index (χ0v) is 16.9. The quantitative estimate of drug-likeness (QED) is 0.729. The van der Waals surface area contributed by atoms with Gasteiger partial charge < -0.3 is 14.4 Å². The predicted molar refractivity (Wildman–Crippen MR) is 105 cm³/mol. The smallest absolute Gasteiger partial charge is 0.253 e. The zero-order valence-electron chi connectivity index (χ0n) is 16.1. The first-order valence-electron chi connectivity index (χ1n) is 10.1. The molecule has 3 aliphatic rings. The number of ether oxygens (including phenoxy) is 2. The molecule has 1 amide bonds. The van der Waals surface area contributed by atoms with Gasteiger partial charge in [-0.15, -0.1) is 0 Å². The average Bonchev–Trinajstić information content (AvgIpc) is 3.36. The lowest BCUT2D eigenvalue weighted by Gasteiger charge is -2.37. The molecule has 0 N–H and O–H groups in total. The van der Waals surface area contributed by atoms with E-state index >= 15 is 0 Å². The van der Waals surface area contributed by atoms with Crippen LogP contribution >= 0.6 is 0 Å². The summed E-state index contributed by atoms with van der Waals surface area (Å²) in [6.07, 6.45) is 3.01. The molecule has 8 heteroatoms. The maximum Gasteiger partial charge on any atom is 0.253 e. The van der Waals surface area contributed by atoms with Crippen LogP contribution in [0.15, 0.2) is 24.3 Å². The summed E-state index contributed by atoms with van der Waals surface area (Å²) in [5, 5.41) is 0. The number of carbonyl (C=O) groups is 1. The lowest BCUT2D eigenvalue weighted by molar-refractivity contribution is 0.0587. The van der Waals surface area contributed by atoms with Gasteiger partial charge in [-0.25, -0.2) is 8.42 Å². The number of nitrogens with zero attached hydrogens (tertiary/aromatic N) is 2. The number of hydrogen-bond donors (Lipinski definition) is 0. The molecule has 1 aromatic rings. The fourth-order valence-corrected chi connectivity index (χ4v) is 5.96. The van der Waals surface area contributed by atoms with Crippen molar-refractivity contribution in [2.24, 2.45) is 0 Å². The lowest BCUT2D eigenvalue weighted by Crippen LogP contribution is -2.52. The molecule has 7 nitrogen and oxygen atoms in total. The third kappa shape index (κ3) is 4.67. The highest BCUT2D eigenvalue weighted by atomic mass is 32.2. The number of rotatable bonds is 5. The first-order chi connectivity index (χ1) is 13.5. The van der Waals surface area contributed by atoms with E-state index in [1.807, 2.05) is 29.2 Å². The summed E-state index contributed by atoms with van der Waals surface area (Å²) in [5.74, 6) is 1.32. The van der Waals surface area contributed by atoms with Gasteiger partial charge in [0.05, 0.1) is 17.6 Å². The number of sulfone groups is 1. The molecule has 3 heterocycles. The summed E-state index contributed by atoms with van der Waals surface area (Å²) in [4.78, 5) is 16.8. The van der Waals surface area contributed by atoms with Crippen molar-refractivity contribution in [2.75, 3.05) is 50.9 Å². The van der Waals surface area contributed by atoms with Gasteiger partial charge in [0.15, 0.2) is 9.84 Å². The van der Waals surface area contributed by atoms with Crippen molar-refractivity contribution < 1.29 is 22.7 Å². The Hall–Kier alpha value is -1.64. The van der Waals surface area contributed by atoms with E-state index < -0.39 is 9.84 Å². The molecule has 4 rings (SSSR count). The average molecular weight is 409 g/mol. The van der Waals surface area contributed by atoms with E-state index in [4.69, 9.17) is 9.47 Å². The first-order valence-corrected chi connectivity index (χ1v) is 11.9. The van der Waals surface area contributed by atoms with Gasteiger partial charge in [-0.2, -0.15) is 0 Å². The predicted octanol–water partition coefficient (Wildman–Crippen LogP) is 1.19. The summed E-state index contributed by atoms with van der Waals surface area (Å²) >= 11 is 0. The van der Waals surface area contributed by atoms with Crippen molar-refractivity contribution in [1.29, 1.82) is 0 Å². The van der Waals surface area contributed by atoms with Crippen molar-refractivity contribution >= 4 is 15.7 Å². The molecule has 3 fully saturated rings. The van der Waals surface area contributed by atoms with Gasteiger partial charge >= 0.3 is 0 Å². The van der Waals surface area contributed by atoms with Crippen LogP contribution < -0.4 is 4.74 Å². The standard InChI is InChI=1S/C20H28N2O5S/c23-20(16-3-5-18(6-4-16)27-14-19-2-1-12-26-19)22-10-8-21(9-11-22)17-7-13-28(24,25)15-17/h3-6,17,19H,1-2,7-15H2/t17-,19-/m0/s1. The molecule has 0 unspecified atom stereocenters. The molecule has 0 aliphatic carbocycles. The Labute approximate surface area is 166 Å². The van der Waals surface area contributed by atoms with Crippen LogP contribution in [-0.4, -0.2) is 87.2 Å². The Balaban J connectivity index is 1.26. The highest BCUT2D eigenvalue weighted by Crippen LogP contribution is 2.21. The van der Waals surface area contributed by atoms with Crippen molar-refractivity contribution in [3.63, 3.8) is 0 Å². The second-order valence-corrected chi connectivity index (χ2v) is 10.1. The maximum atomic E-state index is 12.8. The molecular weight excluding hydrogens is 380 g/mol. The van der Waals surface area contributed by atoms with Crippen LogP contribution in [0.3, 0.4) is 0 Å². The van der Waals surface area contributed by atoms with Crippen LogP contribution in [0.25, 0.3) is 0 Å². The summed E-state index contributed by atoms with van der Waals surface area (Å²) in [6, 6.07) is 7.40. The molecule has 0 spiro atoms. The van der Waals surface area contributed by atoms with E-state index in [0.717, 1.165) is 38.3 Å². The molecule has 0 saturated carbocycles. The molecule has 3 aliphatic heterocycles. The van der Waals surface area contributed by atoms with E-state index in [1.54, 1.807) is 0 Å².